The first-order valence-corrected chi connectivity index (χ1v) is 7.76. The largest absolute Gasteiger partial charge is 0.323 e. The average molecular weight is 255 g/mol. The molecule has 0 saturated heterocycles. The fraction of sp³-hybridized carbons (Fsp3) is 0.538. The number of nitrogens with two attached hydrogens (primary N) is 1. The van der Waals surface area contributed by atoms with Gasteiger partial charge in [-0.3, -0.25) is 0 Å². The van der Waals surface area contributed by atoms with Crippen molar-refractivity contribution in [3.05, 3.63) is 35.9 Å². The quantitative estimate of drug-likeness (QED) is 0.848. The van der Waals surface area contributed by atoms with Gasteiger partial charge in [0, 0.05) is 6.04 Å². The lowest BCUT2D eigenvalue weighted by atomic mass is 10.0. The van der Waals surface area contributed by atoms with Crippen LogP contribution in [-0.4, -0.2) is 19.4 Å². The lowest BCUT2D eigenvalue weighted by Gasteiger charge is -2.23. The summed E-state index contributed by atoms with van der Waals surface area (Å²) in [5, 5.41) is -0.482. The fourth-order valence-corrected chi connectivity index (χ4v) is 4.04. The Hall–Kier alpha value is -0.870. The van der Waals surface area contributed by atoms with Crippen molar-refractivity contribution in [1.82, 2.24) is 0 Å². The van der Waals surface area contributed by atoms with E-state index in [1.807, 2.05) is 44.2 Å². The molecule has 1 aromatic carbocycles. The third-order valence-electron chi connectivity index (χ3n) is 2.94. The summed E-state index contributed by atoms with van der Waals surface area (Å²) in [6.07, 6.45) is 1.19. The maximum atomic E-state index is 12.1. The Labute approximate surface area is 104 Å². The second-order valence-corrected chi connectivity index (χ2v) is 6.59. The molecule has 1 aromatic rings. The van der Waals surface area contributed by atoms with Crippen molar-refractivity contribution < 1.29 is 8.42 Å². The first kappa shape index (κ1) is 14.2. The van der Waals surface area contributed by atoms with Crippen molar-refractivity contribution >= 4 is 9.84 Å². The third-order valence-corrected chi connectivity index (χ3v) is 5.46. The molecule has 2 unspecified atom stereocenters. The number of rotatable bonds is 6. The second-order valence-electron chi connectivity index (χ2n) is 4.25. The van der Waals surface area contributed by atoms with E-state index in [2.05, 4.69) is 0 Å². The molecular formula is C13H21NO2S. The molecule has 0 bridgehead atoms. The van der Waals surface area contributed by atoms with E-state index in [0.29, 0.717) is 12.8 Å². The predicted molar refractivity (Wildman–Crippen MR) is 71.5 cm³/mol. The Morgan fingerprint density at radius 1 is 1.18 bits per heavy atom. The Kier molecular flexibility index (Phi) is 5.15. The fourth-order valence-electron chi connectivity index (χ4n) is 2.06. The van der Waals surface area contributed by atoms with Crippen molar-refractivity contribution in [2.24, 2.45) is 5.73 Å². The molecule has 0 fully saturated rings. The molecule has 96 valence electrons. The monoisotopic (exact) mass is 255 g/mol. The normalized spacial score (nSPS) is 15.5. The van der Waals surface area contributed by atoms with Crippen LogP contribution in [0, 0.1) is 0 Å². The molecule has 0 radical (unpaired) electrons. The summed E-state index contributed by atoms with van der Waals surface area (Å²) in [7, 11) is -3.09. The van der Waals surface area contributed by atoms with Gasteiger partial charge in [-0.1, -0.05) is 44.2 Å². The van der Waals surface area contributed by atoms with Gasteiger partial charge < -0.3 is 5.73 Å². The van der Waals surface area contributed by atoms with Crippen molar-refractivity contribution in [2.75, 3.05) is 5.75 Å². The maximum Gasteiger partial charge on any atom is 0.155 e. The summed E-state index contributed by atoms with van der Waals surface area (Å²) in [5.41, 5.74) is 6.97. The standard InChI is InChI=1S/C13H21NO2S/c1-3-10-17(15,16)12(4-2)13(14)11-8-6-5-7-9-11/h5-9,12-13H,3-4,10,14H2,1-2H3. The SMILES string of the molecule is CCCS(=O)(=O)C(CC)C(N)c1ccccc1. The highest BCUT2D eigenvalue weighted by molar-refractivity contribution is 7.92. The van der Waals surface area contributed by atoms with Gasteiger partial charge in [0.05, 0.1) is 11.0 Å². The molecule has 0 amide bonds. The van der Waals surface area contributed by atoms with Crippen LogP contribution >= 0.6 is 0 Å². The molecule has 0 aliphatic heterocycles. The molecule has 3 nitrogen and oxygen atoms in total. The first-order valence-electron chi connectivity index (χ1n) is 6.05. The van der Waals surface area contributed by atoms with Gasteiger partial charge >= 0.3 is 0 Å². The summed E-state index contributed by atoms with van der Waals surface area (Å²) >= 11 is 0. The van der Waals surface area contributed by atoms with Crippen LogP contribution in [0.25, 0.3) is 0 Å². The predicted octanol–water partition coefficient (Wildman–Crippen LogP) is 2.29. The molecule has 2 N–H and O–H groups in total. The van der Waals surface area contributed by atoms with E-state index in [9.17, 15) is 8.42 Å². The molecule has 0 saturated carbocycles. The zero-order valence-electron chi connectivity index (χ0n) is 10.5. The van der Waals surface area contributed by atoms with Crippen molar-refractivity contribution in [3.63, 3.8) is 0 Å². The van der Waals surface area contributed by atoms with Gasteiger partial charge in [-0.25, -0.2) is 8.42 Å². The van der Waals surface area contributed by atoms with Crippen LogP contribution in [0.4, 0.5) is 0 Å². The Bertz CT molecular complexity index is 428. The Morgan fingerprint density at radius 3 is 2.24 bits per heavy atom. The Morgan fingerprint density at radius 2 is 1.76 bits per heavy atom. The summed E-state index contributed by atoms with van der Waals surface area (Å²) in [6, 6.07) is 9.00. The van der Waals surface area contributed by atoms with Crippen LogP contribution in [-0.2, 0) is 9.84 Å². The van der Waals surface area contributed by atoms with Crippen molar-refractivity contribution in [1.29, 1.82) is 0 Å². The van der Waals surface area contributed by atoms with Crippen LogP contribution in [0.2, 0.25) is 0 Å². The van der Waals surface area contributed by atoms with Crippen LogP contribution in [0.3, 0.4) is 0 Å². The Balaban J connectivity index is 2.96. The number of hydrogen-bond acceptors (Lipinski definition) is 3. The van der Waals surface area contributed by atoms with E-state index in [1.54, 1.807) is 0 Å². The van der Waals surface area contributed by atoms with E-state index in [4.69, 9.17) is 5.73 Å². The molecule has 0 aliphatic rings. The molecule has 2 atom stereocenters. The molecule has 0 heterocycles. The second kappa shape index (κ2) is 6.17. The highest BCUT2D eigenvalue weighted by atomic mass is 32.2. The summed E-state index contributed by atoms with van der Waals surface area (Å²) < 4.78 is 24.2. The van der Waals surface area contributed by atoms with Gasteiger partial charge in [0.25, 0.3) is 0 Å². The smallest absolute Gasteiger partial charge is 0.155 e. The van der Waals surface area contributed by atoms with Crippen LogP contribution in [0.5, 0.6) is 0 Å². The topological polar surface area (TPSA) is 60.2 Å². The zero-order chi connectivity index (χ0) is 12.9. The van der Waals surface area contributed by atoms with E-state index >= 15 is 0 Å². The maximum absolute atomic E-state index is 12.1. The lowest BCUT2D eigenvalue weighted by molar-refractivity contribution is 0.546. The van der Waals surface area contributed by atoms with Crippen LogP contribution in [0.15, 0.2) is 30.3 Å². The lowest BCUT2D eigenvalue weighted by Crippen LogP contribution is -2.34. The van der Waals surface area contributed by atoms with E-state index in [1.165, 1.54) is 0 Å². The van der Waals surface area contributed by atoms with Gasteiger partial charge in [-0.05, 0) is 18.4 Å². The van der Waals surface area contributed by atoms with E-state index < -0.39 is 21.1 Å². The highest BCUT2D eigenvalue weighted by Gasteiger charge is 2.29. The highest BCUT2D eigenvalue weighted by Crippen LogP contribution is 2.23. The van der Waals surface area contributed by atoms with Gasteiger partial charge in [0.15, 0.2) is 9.84 Å². The molecule has 17 heavy (non-hydrogen) atoms. The minimum Gasteiger partial charge on any atom is -0.323 e. The van der Waals surface area contributed by atoms with Crippen molar-refractivity contribution in [2.45, 2.75) is 38.0 Å². The average Bonchev–Trinajstić information content (AvgIpc) is 2.30. The van der Waals surface area contributed by atoms with E-state index in [-0.39, 0.29) is 5.75 Å². The molecular weight excluding hydrogens is 234 g/mol. The minimum atomic E-state index is -3.09. The number of benzene rings is 1. The molecule has 1 rings (SSSR count). The zero-order valence-corrected chi connectivity index (χ0v) is 11.3. The van der Waals surface area contributed by atoms with Crippen LogP contribution in [0.1, 0.15) is 38.3 Å². The summed E-state index contributed by atoms with van der Waals surface area (Å²) in [6.45, 7) is 3.75. The van der Waals surface area contributed by atoms with E-state index in [0.717, 1.165) is 5.56 Å². The summed E-state index contributed by atoms with van der Waals surface area (Å²) in [5.74, 6) is 0.214. The van der Waals surface area contributed by atoms with Crippen molar-refractivity contribution in [3.8, 4) is 0 Å². The van der Waals surface area contributed by atoms with Gasteiger partial charge in [-0.2, -0.15) is 0 Å². The molecule has 4 heteroatoms. The van der Waals surface area contributed by atoms with Gasteiger partial charge in [-0.15, -0.1) is 0 Å². The third kappa shape index (κ3) is 3.54. The molecule has 0 aromatic heterocycles. The number of hydrogen-bond donors (Lipinski definition) is 1. The molecule has 0 aliphatic carbocycles. The number of sulfone groups is 1. The van der Waals surface area contributed by atoms with Crippen LogP contribution < -0.4 is 5.73 Å². The minimum absolute atomic E-state index is 0.214. The van der Waals surface area contributed by atoms with Gasteiger partial charge in [0.1, 0.15) is 0 Å². The molecule has 0 spiro atoms. The summed E-state index contributed by atoms with van der Waals surface area (Å²) in [4.78, 5) is 0. The first-order chi connectivity index (χ1) is 8.03. The van der Waals surface area contributed by atoms with Gasteiger partial charge in [0.2, 0.25) is 0 Å².